The molecule has 0 aliphatic heterocycles. The minimum Gasteiger partial charge on any atom is -0.455 e. The Balaban J connectivity index is 1.45. The van der Waals surface area contributed by atoms with Crippen LogP contribution in [0.25, 0.3) is 81.8 Å². The molecule has 0 fully saturated rings. The van der Waals surface area contributed by atoms with E-state index >= 15 is 0 Å². The fourth-order valence-electron chi connectivity index (χ4n) is 6.80. The molecular weight excluding hydrogens is 528 g/mol. The highest BCUT2D eigenvalue weighted by molar-refractivity contribution is 6.24. The normalized spacial score (nSPS) is 11.7. The van der Waals surface area contributed by atoms with Crippen LogP contribution in [0.2, 0.25) is 0 Å². The Kier molecular flexibility index (Phi) is 4.68. The predicted octanol–water partition coefficient (Wildman–Crippen LogP) is 10.2. The van der Waals surface area contributed by atoms with Gasteiger partial charge in [-0.15, -0.1) is 0 Å². The van der Waals surface area contributed by atoms with Crippen molar-refractivity contribution < 1.29 is 4.42 Å². The number of rotatable bonds is 2. The Morgan fingerprint density at radius 1 is 0.581 bits per heavy atom. The second-order valence-corrected chi connectivity index (χ2v) is 10.7. The van der Waals surface area contributed by atoms with E-state index in [9.17, 15) is 5.26 Å². The molecule has 0 aliphatic carbocycles. The van der Waals surface area contributed by atoms with Crippen LogP contribution < -0.4 is 0 Å². The van der Waals surface area contributed by atoms with Crippen LogP contribution in [0.4, 0.5) is 5.69 Å². The first-order valence-corrected chi connectivity index (χ1v) is 14.0. The van der Waals surface area contributed by atoms with Crippen molar-refractivity contribution in [1.82, 2.24) is 9.13 Å². The molecule has 0 atom stereocenters. The number of nitrogens with zero attached hydrogens (tertiary/aromatic N) is 4. The van der Waals surface area contributed by atoms with Crippen molar-refractivity contribution in [2.45, 2.75) is 0 Å². The average Bonchev–Trinajstić information content (AvgIpc) is 3.71. The topological polar surface area (TPSA) is 51.1 Å². The molecule has 5 heteroatoms. The predicted molar refractivity (Wildman–Crippen MR) is 173 cm³/mol. The molecule has 0 saturated heterocycles. The second-order valence-electron chi connectivity index (χ2n) is 10.7. The van der Waals surface area contributed by atoms with Crippen molar-refractivity contribution in [3.05, 3.63) is 138 Å². The maximum atomic E-state index is 10.3. The molecule has 0 unspecified atom stereocenters. The number of nitriles is 1. The molecule has 5 nitrogen and oxygen atoms in total. The van der Waals surface area contributed by atoms with Gasteiger partial charge in [-0.25, -0.2) is 4.85 Å². The lowest BCUT2D eigenvalue weighted by molar-refractivity contribution is 0.673. The summed E-state index contributed by atoms with van der Waals surface area (Å²) >= 11 is 0. The van der Waals surface area contributed by atoms with Crippen molar-refractivity contribution in [3.8, 4) is 17.4 Å². The van der Waals surface area contributed by atoms with Gasteiger partial charge in [0.1, 0.15) is 11.2 Å². The summed E-state index contributed by atoms with van der Waals surface area (Å²) in [5.41, 5.74) is 7.78. The molecule has 9 rings (SSSR count). The van der Waals surface area contributed by atoms with Gasteiger partial charge in [-0.05, 0) is 48.5 Å². The lowest BCUT2D eigenvalue weighted by atomic mass is 10.1. The van der Waals surface area contributed by atoms with Gasteiger partial charge in [-0.1, -0.05) is 72.8 Å². The molecule has 0 radical (unpaired) electrons. The fraction of sp³-hybridized carbons (Fsp3) is 0. The largest absolute Gasteiger partial charge is 0.455 e. The molecule has 6 aromatic carbocycles. The SMILES string of the molecule is [C-]#[N+]c1c(-n2c3ccccc3c3ccccc32)cc(C#N)cc1-n1c2ccccc2c2c3oc4ccccc4c3ccc21. The van der Waals surface area contributed by atoms with E-state index < -0.39 is 0 Å². The highest BCUT2D eigenvalue weighted by Crippen LogP contribution is 2.44. The molecule has 0 bridgehead atoms. The zero-order chi connectivity index (χ0) is 28.7. The van der Waals surface area contributed by atoms with Crippen LogP contribution in [0.5, 0.6) is 0 Å². The van der Waals surface area contributed by atoms with Crippen molar-refractivity contribution in [1.29, 1.82) is 5.26 Å². The molecule has 43 heavy (non-hydrogen) atoms. The molecule has 0 saturated carbocycles. The van der Waals surface area contributed by atoms with Crippen LogP contribution in [0.15, 0.2) is 126 Å². The first-order chi connectivity index (χ1) is 21.3. The summed E-state index contributed by atoms with van der Waals surface area (Å²) in [7, 11) is 0. The van der Waals surface area contributed by atoms with Crippen molar-refractivity contribution in [2.75, 3.05) is 0 Å². The summed E-state index contributed by atoms with van der Waals surface area (Å²) in [6.07, 6.45) is 0. The summed E-state index contributed by atoms with van der Waals surface area (Å²) in [6, 6.07) is 42.9. The zero-order valence-corrected chi connectivity index (χ0v) is 22.7. The summed E-state index contributed by atoms with van der Waals surface area (Å²) in [5, 5.41) is 16.6. The maximum absolute atomic E-state index is 10.3. The Morgan fingerprint density at radius 2 is 1.12 bits per heavy atom. The van der Waals surface area contributed by atoms with Gasteiger partial charge in [0.2, 0.25) is 5.69 Å². The number of para-hydroxylation sites is 4. The van der Waals surface area contributed by atoms with Gasteiger partial charge >= 0.3 is 0 Å². The van der Waals surface area contributed by atoms with E-state index in [0.29, 0.717) is 22.6 Å². The van der Waals surface area contributed by atoms with Crippen molar-refractivity contribution in [2.24, 2.45) is 0 Å². The molecular formula is C38H20N4O. The van der Waals surface area contributed by atoms with Crippen LogP contribution in [0.3, 0.4) is 0 Å². The number of benzene rings is 6. The van der Waals surface area contributed by atoms with Crippen LogP contribution in [-0.2, 0) is 0 Å². The molecule has 0 spiro atoms. The van der Waals surface area contributed by atoms with Gasteiger partial charge in [0.15, 0.2) is 0 Å². The van der Waals surface area contributed by atoms with Crippen LogP contribution >= 0.6 is 0 Å². The minimum atomic E-state index is 0.470. The van der Waals surface area contributed by atoms with Crippen LogP contribution in [0, 0.1) is 17.9 Å². The monoisotopic (exact) mass is 548 g/mol. The average molecular weight is 549 g/mol. The lowest BCUT2D eigenvalue weighted by Gasteiger charge is -2.16. The molecule has 0 N–H and O–H groups in total. The van der Waals surface area contributed by atoms with Crippen LogP contribution in [0.1, 0.15) is 5.56 Å². The Labute approximate surface area is 245 Å². The third-order valence-electron chi connectivity index (χ3n) is 8.55. The van der Waals surface area contributed by atoms with E-state index in [2.05, 4.69) is 74.6 Å². The molecule has 9 aromatic rings. The molecule has 3 heterocycles. The van der Waals surface area contributed by atoms with Gasteiger partial charge in [0.25, 0.3) is 0 Å². The highest BCUT2D eigenvalue weighted by atomic mass is 16.3. The van der Waals surface area contributed by atoms with Gasteiger partial charge in [0, 0.05) is 26.9 Å². The highest BCUT2D eigenvalue weighted by Gasteiger charge is 2.23. The Morgan fingerprint density at radius 3 is 1.74 bits per heavy atom. The van der Waals surface area contributed by atoms with Crippen molar-refractivity contribution >= 4 is 71.2 Å². The summed E-state index contributed by atoms with van der Waals surface area (Å²) in [5.74, 6) is 0. The number of hydrogen-bond acceptors (Lipinski definition) is 2. The minimum absolute atomic E-state index is 0.470. The number of aromatic nitrogens is 2. The number of hydrogen-bond donors (Lipinski definition) is 0. The number of fused-ring (bicyclic) bond motifs is 10. The number of furan rings is 1. The van der Waals surface area contributed by atoms with Crippen LogP contribution in [-0.4, -0.2) is 9.13 Å². The summed E-state index contributed by atoms with van der Waals surface area (Å²) in [6.45, 7) is 8.49. The first-order valence-electron chi connectivity index (χ1n) is 14.0. The van der Waals surface area contributed by atoms with Crippen molar-refractivity contribution in [3.63, 3.8) is 0 Å². The Bertz CT molecular complexity index is 2650. The van der Waals surface area contributed by atoms with E-state index in [1.54, 1.807) is 0 Å². The standard InChI is InChI=1S/C38H20N4O/c1-40-37-33(41-29-14-6-2-10-24(29)25-11-3-7-15-30(25)41)20-23(22-39)21-34(37)42-31-16-8-4-13-28(31)36-32(42)19-18-27-26-12-5-9-17-35(26)43-38(27)36/h2-21H. The molecule has 198 valence electrons. The van der Waals surface area contributed by atoms with Gasteiger partial charge in [0.05, 0.1) is 57.0 Å². The molecule has 3 aromatic heterocycles. The maximum Gasteiger partial charge on any atom is 0.234 e. The van der Waals surface area contributed by atoms with E-state index in [0.717, 1.165) is 65.6 Å². The second kappa shape index (κ2) is 8.60. The Hall–Kier alpha value is -6.30. The van der Waals surface area contributed by atoms with E-state index in [1.807, 2.05) is 66.7 Å². The summed E-state index contributed by atoms with van der Waals surface area (Å²) < 4.78 is 10.7. The third-order valence-corrected chi connectivity index (χ3v) is 8.55. The summed E-state index contributed by atoms with van der Waals surface area (Å²) in [4.78, 5) is 4.16. The van der Waals surface area contributed by atoms with Gasteiger partial charge in [-0.2, -0.15) is 5.26 Å². The third kappa shape index (κ3) is 3.08. The van der Waals surface area contributed by atoms with Gasteiger partial charge in [-0.3, -0.25) is 0 Å². The first kappa shape index (κ1) is 23.4. The van der Waals surface area contributed by atoms with Gasteiger partial charge < -0.3 is 13.6 Å². The smallest absolute Gasteiger partial charge is 0.234 e. The quantitative estimate of drug-likeness (QED) is 0.202. The van der Waals surface area contributed by atoms with E-state index in [4.69, 9.17) is 11.0 Å². The molecule has 0 aliphatic rings. The molecule has 0 amide bonds. The zero-order valence-electron chi connectivity index (χ0n) is 22.7. The van der Waals surface area contributed by atoms with E-state index in [1.165, 1.54) is 0 Å². The lowest BCUT2D eigenvalue weighted by Crippen LogP contribution is -2.01. The van der Waals surface area contributed by atoms with E-state index in [-0.39, 0.29) is 0 Å². The fourth-order valence-corrected chi connectivity index (χ4v) is 6.80.